The predicted molar refractivity (Wildman–Crippen MR) is 77.5 cm³/mol. The molecule has 0 aromatic carbocycles. The summed E-state index contributed by atoms with van der Waals surface area (Å²) < 4.78 is 0. The van der Waals surface area contributed by atoms with Crippen molar-refractivity contribution in [2.75, 3.05) is 6.54 Å². The van der Waals surface area contributed by atoms with Crippen LogP contribution in [0.15, 0.2) is 4.99 Å². The van der Waals surface area contributed by atoms with Crippen molar-refractivity contribution in [1.29, 1.82) is 0 Å². The summed E-state index contributed by atoms with van der Waals surface area (Å²) in [6.07, 6.45) is 4.11. The van der Waals surface area contributed by atoms with Crippen LogP contribution in [0.3, 0.4) is 0 Å². The van der Waals surface area contributed by atoms with Crippen molar-refractivity contribution in [3.63, 3.8) is 0 Å². The van der Waals surface area contributed by atoms with Crippen LogP contribution < -0.4 is 0 Å². The maximum absolute atomic E-state index is 11.4. The molecule has 0 aromatic rings. The highest BCUT2D eigenvalue weighted by molar-refractivity contribution is 6.03. The Balaban J connectivity index is 1.90. The van der Waals surface area contributed by atoms with E-state index < -0.39 is 5.60 Å². The number of Topliss-reactive ketones (excluding diaryl/α,β-unsaturated/α-hetero) is 1. The molecule has 1 N–H and O–H groups in total. The molecule has 0 aromatic heterocycles. The van der Waals surface area contributed by atoms with Crippen LogP contribution in [0.4, 0.5) is 0 Å². The lowest BCUT2D eigenvalue weighted by Crippen LogP contribution is -2.20. The zero-order chi connectivity index (χ0) is 14.3. The molecule has 3 heteroatoms. The molecule has 2 atom stereocenters. The van der Waals surface area contributed by atoms with Crippen LogP contribution in [0, 0.1) is 17.3 Å². The second-order valence-corrected chi connectivity index (χ2v) is 7.53. The minimum absolute atomic E-state index is 0.280. The van der Waals surface area contributed by atoms with E-state index in [-0.39, 0.29) is 5.41 Å². The molecule has 2 aliphatic carbocycles. The fourth-order valence-corrected chi connectivity index (χ4v) is 3.42. The molecular formula is C16H27NO2. The minimum atomic E-state index is -0.593. The largest absolute Gasteiger partial charge is 0.390 e. The van der Waals surface area contributed by atoms with Crippen molar-refractivity contribution in [2.24, 2.45) is 22.2 Å². The zero-order valence-corrected chi connectivity index (χ0v) is 12.7. The number of hydrogen-bond donors (Lipinski definition) is 1. The number of aliphatic imine (C=N–C) groups is 1. The highest BCUT2D eigenvalue weighted by atomic mass is 16.3. The Labute approximate surface area is 116 Å². The van der Waals surface area contributed by atoms with Gasteiger partial charge in [0, 0.05) is 25.1 Å². The molecule has 0 bridgehead atoms. The summed E-state index contributed by atoms with van der Waals surface area (Å²) in [6.45, 7) is 9.12. The van der Waals surface area contributed by atoms with E-state index in [9.17, 15) is 9.90 Å². The van der Waals surface area contributed by atoms with Gasteiger partial charge in [-0.2, -0.15) is 0 Å². The van der Waals surface area contributed by atoms with E-state index in [1.54, 1.807) is 0 Å². The first-order chi connectivity index (χ1) is 8.70. The Hall–Kier alpha value is -0.700. The SMILES string of the molecule is CC(C)(O)C[C@H]1[C@@H](CN=C2CCCC(=O)C2)C1(C)C. The van der Waals surface area contributed by atoms with Crippen LogP contribution in [0.5, 0.6) is 0 Å². The lowest BCUT2D eigenvalue weighted by molar-refractivity contribution is -0.118. The average molecular weight is 265 g/mol. The zero-order valence-electron chi connectivity index (χ0n) is 12.7. The van der Waals surface area contributed by atoms with Gasteiger partial charge in [0.15, 0.2) is 0 Å². The van der Waals surface area contributed by atoms with Gasteiger partial charge >= 0.3 is 0 Å². The van der Waals surface area contributed by atoms with E-state index in [0.29, 0.717) is 24.0 Å². The predicted octanol–water partition coefficient (Wildman–Crippen LogP) is 3.00. The molecule has 108 valence electrons. The van der Waals surface area contributed by atoms with Gasteiger partial charge in [0.05, 0.1) is 5.60 Å². The van der Waals surface area contributed by atoms with Crippen molar-refractivity contribution in [3.8, 4) is 0 Å². The average Bonchev–Trinajstić information content (AvgIpc) is 2.74. The van der Waals surface area contributed by atoms with E-state index >= 15 is 0 Å². The summed E-state index contributed by atoms with van der Waals surface area (Å²) in [5, 5.41) is 9.95. The van der Waals surface area contributed by atoms with Gasteiger partial charge in [-0.05, 0) is 50.4 Å². The first-order valence-electron chi connectivity index (χ1n) is 7.46. The lowest BCUT2D eigenvalue weighted by Gasteiger charge is -2.17. The number of nitrogens with zero attached hydrogens (tertiary/aromatic N) is 1. The number of rotatable bonds is 4. The molecule has 0 amide bonds. The van der Waals surface area contributed by atoms with Crippen LogP contribution in [-0.2, 0) is 4.79 Å². The molecule has 0 aliphatic heterocycles. The summed E-state index contributed by atoms with van der Waals surface area (Å²) >= 11 is 0. The van der Waals surface area contributed by atoms with E-state index in [1.807, 2.05) is 13.8 Å². The molecule has 0 spiro atoms. The Kier molecular flexibility index (Phi) is 3.87. The van der Waals surface area contributed by atoms with E-state index in [0.717, 1.165) is 37.9 Å². The van der Waals surface area contributed by atoms with Gasteiger partial charge in [0.2, 0.25) is 0 Å². The number of carbonyl (C=O) groups is 1. The van der Waals surface area contributed by atoms with Gasteiger partial charge in [-0.1, -0.05) is 13.8 Å². The van der Waals surface area contributed by atoms with Crippen LogP contribution in [0.25, 0.3) is 0 Å². The monoisotopic (exact) mass is 265 g/mol. The molecule has 0 radical (unpaired) electrons. The van der Waals surface area contributed by atoms with Gasteiger partial charge < -0.3 is 5.11 Å². The topological polar surface area (TPSA) is 49.7 Å². The molecular weight excluding hydrogens is 238 g/mol. The van der Waals surface area contributed by atoms with Crippen molar-refractivity contribution in [1.82, 2.24) is 0 Å². The second kappa shape index (κ2) is 5.01. The number of hydrogen-bond acceptors (Lipinski definition) is 3. The van der Waals surface area contributed by atoms with E-state index in [1.165, 1.54) is 0 Å². The summed E-state index contributed by atoms with van der Waals surface area (Å²) in [5.41, 5.74) is 0.786. The maximum atomic E-state index is 11.4. The first-order valence-corrected chi connectivity index (χ1v) is 7.46. The molecule has 2 saturated carbocycles. The van der Waals surface area contributed by atoms with E-state index in [4.69, 9.17) is 0 Å². The Bertz CT molecular complexity index is 390. The summed E-state index contributed by atoms with van der Waals surface area (Å²) in [4.78, 5) is 16.1. The van der Waals surface area contributed by atoms with Gasteiger partial charge in [0.1, 0.15) is 5.78 Å². The van der Waals surface area contributed by atoms with Gasteiger partial charge in [-0.3, -0.25) is 9.79 Å². The number of carbonyl (C=O) groups excluding carboxylic acids is 1. The molecule has 0 saturated heterocycles. The van der Waals surface area contributed by atoms with Gasteiger partial charge in [0.25, 0.3) is 0 Å². The first kappa shape index (κ1) is 14.7. The highest BCUT2D eigenvalue weighted by Crippen LogP contribution is 2.61. The Morgan fingerprint density at radius 3 is 2.58 bits per heavy atom. The number of aliphatic hydroxyl groups is 1. The lowest BCUT2D eigenvalue weighted by atomic mass is 9.97. The van der Waals surface area contributed by atoms with Crippen LogP contribution in [0.1, 0.15) is 59.8 Å². The molecule has 19 heavy (non-hydrogen) atoms. The van der Waals surface area contributed by atoms with Crippen LogP contribution >= 0.6 is 0 Å². The van der Waals surface area contributed by atoms with Crippen molar-refractivity contribution in [3.05, 3.63) is 0 Å². The highest BCUT2D eigenvalue weighted by Gasteiger charge is 2.58. The molecule has 2 fully saturated rings. The minimum Gasteiger partial charge on any atom is -0.390 e. The molecule has 3 nitrogen and oxygen atoms in total. The third-order valence-corrected chi connectivity index (χ3v) is 4.84. The molecule has 0 unspecified atom stereocenters. The summed E-state index contributed by atoms with van der Waals surface area (Å²) in [5.74, 6) is 1.45. The normalized spacial score (nSPS) is 32.7. The van der Waals surface area contributed by atoms with Crippen LogP contribution in [-0.4, -0.2) is 28.7 Å². The van der Waals surface area contributed by atoms with Gasteiger partial charge in [-0.25, -0.2) is 0 Å². The standard InChI is InChI=1S/C16H27NO2/c1-15(2,19)9-13-14(16(13,3)4)10-17-11-6-5-7-12(18)8-11/h13-14,19H,5-10H2,1-4H3/t13-,14+/m0/s1. The molecule has 2 rings (SSSR count). The Morgan fingerprint density at radius 1 is 1.32 bits per heavy atom. The fourth-order valence-electron chi connectivity index (χ4n) is 3.42. The van der Waals surface area contributed by atoms with Crippen molar-refractivity contribution >= 4 is 11.5 Å². The van der Waals surface area contributed by atoms with Crippen LogP contribution in [0.2, 0.25) is 0 Å². The van der Waals surface area contributed by atoms with Gasteiger partial charge in [-0.15, -0.1) is 0 Å². The smallest absolute Gasteiger partial charge is 0.138 e. The fraction of sp³-hybridized carbons (Fsp3) is 0.875. The Morgan fingerprint density at radius 2 is 2.00 bits per heavy atom. The third-order valence-electron chi connectivity index (χ3n) is 4.84. The van der Waals surface area contributed by atoms with Crippen molar-refractivity contribution < 1.29 is 9.90 Å². The maximum Gasteiger partial charge on any atom is 0.138 e. The quantitative estimate of drug-likeness (QED) is 0.849. The number of ketones is 1. The molecule has 2 aliphatic rings. The second-order valence-electron chi connectivity index (χ2n) is 7.53. The summed E-state index contributed by atoms with van der Waals surface area (Å²) in [6, 6.07) is 0. The van der Waals surface area contributed by atoms with E-state index in [2.05, 4.69) is 18.8 Å². The van der Waals surface area contributed by atoms with Crippen molar-refractivity contribution in [2.45, 2.75) is 65.4 Å². The summed E-state index contributed by atoms with van der Waals surface area (Å²) in [7, 11) is 0. The molecule has 0 heterocycles. The third kappa shape index (κ3) is 3.65.